The zero-order valence-corrected chi connectivity index (χ0v) is 17.1. The number of aryl methyl sites for hydroxylation is 3. The molecule has 1 aromatic carbocycles. The van der Waals surface area contributed by atoms with E-state index in [0.717, 1.165) is 16.9 Å². The quantitative estimate of drug-likeness (QED) is 0.499. The van der Waals surface area contributed by atoms with Crippen molar-refractivity contribution in [1.29, 1.82) is 0 Å². The number of benzene rings is 1. The number of para-hydroxylation sites is 2. The van der Waals surface area contributed by atoms with Gasteiger partial charge in [0.25, 0.3) is 0 Å². The van der Waals surface area contributed by atoms with Crippen LogP contribution >= 0.6 is 0 Å². The lowest BCUT2D eigenvalue weighted by Crippen LogP contribution is -2.46. The molecule has 31 heavy (non-hydrogen) atoms. The molecule has 0 saturated carbocycles. The van der Waals surface area contributed by atoms with Crippen LogP contribution in [0, 0.1) is 13.8 Å². The van der Waals surface area contributed by atoms with E-state index in [9.17, 15) is 13.2 Å². The summed E-state index contributed by atoms with van der Waals surface area (Å²) in [7, 11) is 1.95. The molecule has 1 saturated heterocycles. The summed E-state index contributed by atoms with van der Waals surface area (Å²) in [6.45, 7) is 4.37. The summed E-state index contributed by atoms with van der Waals surface area (Å²) in [6, 6.07) is 9.35. The maximum atomic E-state index is 13.5. The normalized spacial score (nSPS) is 15.0. The molecule has 0 spiro atoms. The lowest BCUT2D eigenvalue weighted by atomic mass is 9.99. The van der Waals surface area contributed by atoms with Gasteiger partial charge >= 0.3 is 6.18 Å². The largest absolute Gasteiger partial charge is 0.451 e. The minimum atomic E-state index is -4.67. The first-order chi connectivity index (χ1) is 14.7. The zero-order chi connectivity index (χ0) is 21.9. The number of aromatic nitrogens is 7. The lowest BCUT2D eigenvalue weighted by molar-refractivity contribution is -0.144. The van der Waals surface area contributed by atoms with Crippen molar-refractivity contribution in [3.63, 3.8) is 0 Å². The topological polar surface area (TPSA) is 77.5 Å². The van der Waals surface area contributed by atoms with E-state index in [4.69, 9.17) is 4.98 Å². The summed E-state index contributed by atoms with van der Waals surface area (Å²) in [5.74, 6) is 0.972. The maximum Gasteiger partial charge on any atom is 0.451 e. The molecule has 0 aliphatic carbocycles. The molecular weight excluding hydrogens is 409 g/mol. The fraction of sp³-hybridized carbons (Fsp3) is 0.350. The van der Waals surface area contributed by atoms with Crippen LogP contribution in [-0.2, 0) is 13.2 Å². The molecule has 0 unspecified atom stereocenters. The average Bonchev–Trinajstić information content (AvgIpc) is 3.19. The van der Waals surface area contributed by atoms with Gasteiger partial charge < -0.3 is 9.47 Å². The van der Waals surface area contributed by atoms with Crippen molar-refractivity contribution in [3.8, 4) is 5.82 Å². The molecule has 1 aliphatic heterocycles. The van der Waals surface area contributed by atoms with E-state index in [1.54, 1.807) is 18.7 Å². The van der Waals surface area contributed by atoms with Crippen LogP contribution in [0.3, 0.4) is 0 Å². The number of rotatable bonds is 3. The third-order valence-corrected chi connectivity index (χ3v) is 5.44. The highest BCUT2D eigenvalue weighted by molar-refractivity contribution is 5.76. The van der Waals surface area contributed by atoms with Gasteiger partial charge in [-0.05, 0) is 26.0 Å². The molecule has 0 N–H and O–H groups in total. The summed E-state index contributed by atoms with van der Waals surface area (Å²) < 4.78 is 43.7. The van der Waals surface area contributed by atoms with Crippen molar-refractivity contribution < 1.29 is 13.2 Å². The number of nitrogens with zero attached hydrogens (tertiary/aromatic N) is 8. The van der Waals surface area contributed by atoms with E-state index in [0.29, 0.717) is 24.7 Å². The number of hydrogen-bond donors (Lipinski definition) is 0. The van der Waals surface area contributed by atoms with Crippen molar-refractivity contribution in [2.45, 2.75) is 25.9 Å². The van der Waals surface area contributed by atoms with Gasteiger partial charge in [-0.2, -0.15) is 17.9 Å². The Morgan fingerprint density at radius 2 is 1.68 bits per heavy atom. The minimum absolute atomic E-state index is 0.0432. The Bertz CT molecular complexity index is 1280. The Morgan fingerprint density at radius 1 is 0.968 bits per heavy atom. The van der Waals surface area contributed by atoms with E-state index in [-0.39, 0.29) is 17.6 Å². The molecule has 4 heterocycles. The zero-order valence-electron chi connectivity index (χ0n) is 17.1. The van der Waals surface area contributed by atoms with E-state index in [1.807, 2.05) is 35.9 Å². The Morgan fingerprint density at radius 3 is 2.32 bits per heavy atom. The van der Waals surface area contributed by atoms with Gasteiger partial charge in [-0.3, -0.25) is 0 Å². The third kappa shape index (κ3) is 3.29. The SMILES string of the molecule is Cc1nc(C)n(-c2cc(N3CC(c4nc5ccccc5n4C)C3)nc(C(F)(F)F)n2)n1. The van der Waals surface area contributed by atoms with Gasteiger partial charge in [0.15, 0.2) is 5.82 Å². The van der Waals surface area contributed by atoms with Crippen molar-refractivity contribution in [3.05, 3.63) is 53.6 Å². The highest BCUT2D eigenvalue weighted by atomic mass is 19.4. The van der Waals surface area contributed by atoms with Crippen LogP contribution in [0.1, 0.15) is 29.2 Å². The predicted molar refractivity (Wildman–Crippen MR) is 107 cm³/mol. The van der Waals surface area contributed by atoms with Crippen LogP contribution in [0.25, 0.3) is 16.9 Å². The van der Waals surface area contributed by atoms with Crippen LogP contribution < -0.4 is 4.90 Å². The van der Waals surface area contributed by atoms with Crippen LogP contribution in [0.15, 0.2) is 30.3 Å². The second kappa shape index (κ2) is 6.76. The standard InChI is InChI=1S/C20H19F3N8/c1-11-24-12(2)31(28-11)17-8-16(26-19(27-17)20(21,22)23)30-9-13(10-30)18-25-14-6-4-5-7-15(14)29(18)3/h4-8,13H,9-10H2,1-3H3. The van der Waals surface area contributed by atoms with Gasteiger partial charge in [-0.25, -0.2) is 19.9 Å². The highest BCUT2D eigenvalue weighted by Gasteiger charge is 2.38. The number of alkyl halides is 3. The van der Waals surface area contributed by atoms with Crippen molar-refractivity contribution in [1.82, 2.24) is 34.3 Å². The molecule has 11 heteroatoms. The molecule has 0 bridgehead atoms. The molecule has 1 aliphatic rings. The molecule has 0 amide bonds. The van der Waals surface area contributed by atoms with Crippen LogP contribution in [0.5, 0.6) is 0 Å². The third-order valence-electron chi connectivity index (χ3n) is 5.44. The predicted octanol–water partition coefficient (Wildman–Crippen LogP) is 3.18. The first kappa shape index (κ1) is 19.5. The summed E-state index contributed by atoms with van der Waals surface area (Å²) in [4.78, 5) is 18.1. The minimum Gasteiger partial charge on any atom is -0.355 e. The highest BCUT2D eigenvalue weighted by Crippen LogP contribution is 2.34. The van der Waals surface area contributed by atoms with Crippen LogP contribution in [-0.4, -0.2) is 47.4 Å². The molecule has 0 radical (unpaired) electrons. The summed E-state index contributed by atoms with van der Waals surface area (Å²) in [6.07, 6.45) is -4.67. The first-order valence-electron chi connectivity index (χ1n) is 9.74. The molecule has 3 aromatic heterocycles. The summed E-state index contributed by atoms with van der Waals surface area (Å²) in [5, 5.41) is 4.16. The van der Waals surface area contributed by atoms with E-state index in [2.05, 4.69) is 20.1 Å². The maximum absolute atomic E-state index is 13.5. The molecule has 5 rings (SSSR count). The smallest absolute Gasteiger partial charge is 0.355 e. The number of imidazole rings is 1. The van der Waals surface area contributed by atoms with Crippen molar-refractivity contribution in [2.24, 2.45) is 7.05 Å². The Hall–Kier alpha value is -3.50. The monoisotopic (exact) mass is 428 g/mol. The Balaban J connectivity index is 1.47. The van der Waals surface area contributed by atoms with Crippen LogP contribution in [0.4, 0.5) is 19.0 Å². The molecule has 160 valence electrons. The molecule has 0 atom stereocenters. The molecule has 4 aromatic rings. The van der Waals surface area contributed by atoms with Crippen LogP contribution in [0.2, 0.25) is 0 Å². The van der Waals surface area contributed by atoms with Gasteiger partial charge in [0, 0.05) is 26.2 Å². The van der Waals surface area contributed by atoms with Gasteiger partial charge in [0.05, 0.1) is 17.0 Å². The number of hydrogen-bond acceptors (Lipinski definition) is 6. The van der Waals surface area contributed by atoms with E-state index >= 15 is 0 Å². The molecule has 8 nitrogen and oxygen atoms in total. The number of halogens is 3. The fourth-order valence-electron chi connectivity index (χ4n) is 3.92. The number of anilines is 1. The van der Waals surface area contributed by atoms with E-state index in [1.165, 1.54) is 10.7 Å². The van der Waals surface area contributed by atoms with Gasteiger partial charge in [0.1, 0.15) is 23.3 Å². The first-order valence-corrected chi connectivity index (χ1v) is 9.74. The van der Waals surface area contributed by atoms with Gasteiger partial charge in [-0.15, -0.1) is 5.10 Å². The average molecular weight is 428 g/mol. The van der Waals surface area contributed by atoms with Gasteiger partial charge in [-0.1, -0.05) is 12.1 Å². The number of fused-ring (bicyclic) bond motifs is 1. The Labute approximate surface area is 175 Å². The van der Waals surface area contributed by atoms with Crippen molar-refractivity contribution >= 4 is 16.9 Å². The van der Waals surface area contributed by atoms with E-state index < -0.39 is 12.0 Å². The fourth-order valence-corrected chi connectivity index (χ4v) is 3.92. The summed E-state index contributed by atoms with van der Waals surface area (Å²) in [5.41, 5.74) is 1.93. The second-order valence-electron chi connectivity index (χ2n) is 7.64. The summed E-state index contributed by atoms with van der Waals surface area (Å²) >= 11 is 0. The van der Waals surface area contributed by atoms with Crippen molar-refractivity contribution in [2.75, 3.05) is 18.0 Å². The lowest BCUT2D eigenvalue weighted by Gasteiger charge is -2.39. The Kier molecular flexibility index (Phi) is 4.24. The molecular formula is C20H19F3N8. The van der Waals surface area contributed by atoms with Gasteiger partial charge in [0.2, 0.25) is 5.82 Å². The molecule has 1 fully saturated rings. The second-order valence-corrected chi connectivity index (χ2v) is 7.64.